The molecule has 0 bridgehead atoms. The number of carboxylic acids is 1. The van der Waals surface area contributed by atoms with E-state index >= 15 is 0 Å². The Labute approximate surface area is 99.6 Å². The number of hydrogen-bond acceptors (Lipinski definition) is 2. The number of amides is 1. The fraction of sp³-hybridized carbons (Fsp3) is 0.273. The second-order valence-corrected chi connectivity index (χ2v) is 3.86. The van der Waals surface area contributed by atoms with Crippen molar-refractivity contribution >= 4 is 17.6 Å². The Balaban J connectivity index is 2.37. The largest absolute Gasteiger partial charge is 0.481 e. The molecule has 1 aromatic carbocycles. The maximum absolute atomic E-state index is 13.5. The molecule has 1 aromatic rings. The van der Waals surface area contributed by atoms with Crippen LogP contribution in [0.4, 0.5) is 18.9 Å². The quantitative estimate of drug-likeness (QED) is 0.647. The van der Waals surface area contributed by atoms with Gasteiger partial charge in [0.1, 0.15) is 5.92 Å². The van der Waals surface area contributed by atoms with Crippen molar-refractivity contribution in [2.75, 3.05) is 11.4 Å². The van der Waals surface area contributed by atoms with E-state index in [0.29, 0.717) is 6.07 Å². The smallest absolute Gasteiger partial charge is 0.316 e. The topological polar surface area (TPSA) is 57.6 Å². The van der Waals surface area contributed by atoms with E-state index in [1.807, 2.05) is 0 Å². The van der Waals surface area contributed by atoms with Crippen molar-refractivity contribution in [2.45, 2.75) is 6.42 Å². The first-order valence-corrected chi connectivity index (χ1v) is 5.11. The molecular formula is C11H8F3NO3. The average molecular weight is 259 g/mol. The Morgan fingerprint density at radius 3 is 2.50 bits per heavy atom. The summed E-state index contributed by atoms with van der Waals surface area (Å²) in [5, 5.41) is 8.74. The SMILES string of the molecule is O=C(O)C1CCN(c2ccc(F)c(F)c2F)C1=O. The Morgan fingerprint density at radius 2 is 1.94 bits per heavy atom. The maximum atomic E-state index is 13.5. The van der Waals surface area contributed by atoms with E-state index in [-0.39, 0.29) is 13.0 Å². The van der Waals surface area contributed by atoms with E-state index in [9.17, 15) is 22.8 Å². The number of nitrogens with zero attached hydrogens (tertiary/aromatic N) is 1. The Bertz CT molecular complexity index is 533. The number of anilines is 1. The summed E-state index contributed by atoms with van der Waals surface area (Å²) in [6, 6.07) is 1.60. The minimum absolute atomic E-state index is 0.00655. The summed E-state index contributed by atoms with van der Waals surface area (Å²) in [6.07, 6.45) is 0.00655. The third-order valence-corrected chi connectivity index (χ3v) is 2.81. The molecule has 0 spiro atoms. The number of carbonyl (C=O) groups excluding carboxylic acids is 1. The van der Waals surface area contributed by atoms with Gasteiger partial charge in [0.2, 0.25) is 5.91 Å². The van der Waals surface area contributed by atoms with Gasteiger partial charge in [-0.3, -0.25) is 9.59 Å². The van der Waals surface area contributed by atoms with Gasteiger partial charge in [-0.05, 0) is 18.6 Å². The lowest BCUT2D eigenvalue weighted by atomic mass is 10.1. The summed E-state index contributed by atoms with van der Waals surface area (Å²) >= 11 is 0. The van der Waals surface area contributed by atoms with Crippen LogP contribution >= 0.6 is 0 Å². The van der Waals surface area contributed by atoms with Crippen LogP contribution in [0.2, 0.25) is 0 Å². The molecule has 1 amide bonds. The Hall–Kier alpha value is -2.05. The van der Waals surface area contributed by atoms with E-state index < -0.39 is 40.9 Å². The van der Waals surface area contributed by atoms with Gasteiger partial charge >= 0.3 is 5.97 Å². The molecule has 0 radical (unpaired) electrons. The van der Waals surface area contributed by atoms with Crippen molar-refractivity contribution in [3.05, 3.63) is 29.6 Å². The molecule has 1 N–H and O–H groups in total. The predicted octanol–water partition coefficient (Wildman–Crippen LogP) is 1.54. The second-order valence-electron chi connectivity index (χ2n) is 3.86. The van der Waals surface area contributed by atoms with Gasteiger partial charge in [-0.25, -0.2) is 13.2 Å². The van der Waals surface area contributed by atoms with Crippen molar-refractivity contribution in [3.63, 3.8) is 0 Å². The lowest BCUT2D eigenvalue weighted by Gasteiger charge is -2.17. The molecule has 0 aliphatic carbocycles. The van der Waals surface area contributed by atoms with Crippen LogP contribution in [0.5, 0.6) is 0 Å². The number of carboxylic acid groups (broad SMARTS) is 1. The molecule has 4 nitrogen and oxygen atoms in total. The summed E-state index contributed by atoms with van der Waals surface area (Å²) < 4.78 is 39.2. The van der Waals surface area contributed by atoms with Gasteiger partial charge in [0, 0.05) is 6.54 Å². The van der Waals surface area contributed by atoms with Crippen molar-refractivity contribution in [2.24, 2.45) is 5.92 Å². The van der Waals surface area contributed by atoms with Crippen molar-refractivity contribution in [1.82, 2.24) is 0 Å². The molecule has 0 saturated carbocycles. The highest BCUT2D eigenvalue weighted by molar-refractivity contribution is 6.07. The number of rotatable bonds is 2. The number of halogens is 3. The first kappa shape index (κ1) is 12.4. The van der Waals surface area contributed by atoms with Crippen molar-refractivity contribution in [1.29, 1.82) is 0 Å². The standard InChI is InChI=1S/C11H8F3NO3/c12-6-1-2-7(9(14)8(6)13)15-4-3-5(10(15)16)11(17)18/h1-2,5H,3-4H2,(H,17,18). The molecule has 1 aliphatic heterocycles. The molecule has 2 rings (SSSR count). The van der Waals surface area contributed by atoms with Crippen molar-refractivity contribution < 1.29 is 27.9 Å². The summed E-state index contributed by atoms with van der Waals surface area (Å²) in [4.78, 5) is 23.2. The number of aliphatic carboxylic acids is 1. The van der Waals surface area contributed by atoms with Crippen molar-refractivity contribution in [3.8, 4) is 0 Å². The first-order chi connectivity index (χ1) is 8.43. The molecule has 1 heterocycles. The molecule has 1 aliphatic rings. The van der Waals surface area contributed by atoms with Crippen LogP contribution in [-0.4, -0.2) is 23.5 Å². The minimum atomic E-state index is -1.68. The third-order valence-electron chi connectivity index (χ3n) is 2.81. The van der Waals surface area contributed by atoms with Crippen LogP contribution in [0.1, 0.15) is 6.42 Å². The normalized spacial score (nSPS) is 19.4. The van der Waals surface area contributed by atoms with E-state index in [1.165, 1.54) is 0 Å². The van der Waals surface area contributed by atoms with E-state index in [0.717, 1.165) is 11.0 Å². The molecule has 18 heavy (non-hydrogen) atoms. The van der Waals surface area contributed by atoms with Gasteiger partial charge in [0.15, 0.2) is 17.5 Å². The molecule has 1 unspecified atom stereocenters. The molecule has 7 heteroatoms. The van der Waals surface area contributed by atoms with Gasteiger partial charge in [0.25, 0.3) is 0 Å². The van der Waals surface area contributed by atoms with E-state index in [2.05, 4.69) is 0 Å². The number of hydrogen-bond donors (Lipinski definition) is 1. The Kier molecular flexibility index (Phi) is 2.98. The number of benzene rings is 1. The molecule has 1 atom stereocenters. The predicted molar refractivity (Wildman–Crippen MR) is 54.4 cm³/mol. The highest BCUT2D eigenvalue weighted by atomic mass is 19.2. The van der Waals surface area contributed by atoms with Gasteiger partial charge in [0.05, 0.1) is 5.69 Å². The third kappa shape index (κ3) is 1.81. The zero-order valence-corrected chi connectivity index (χ0v) is 8.99. The summed E-state index contributed by atoms with van der Waals surface area (Å²) in [7, 11) is 0. The van der Waals surface area contributed by atoms with Crippen LogP contribution in [0.15, 0.2) is 12.1 Å². The maximum Gasteiger partial charge on any atom is 0.316 e. The first-order valence-electron chi connectivity index (χ1n) is 5.11. The lowest BCUT2D eigenvalue weighted by Crippen LogP contribution is -2.31. The van der Waals surface area contributed by atoms with Crippen LogP contribution in [0.3, 0.4) is 0 Å². The highest BCUT2D eigenvalue weighted by Gasteiger charge is 2.39. The zero-order valence-electron chi connectivity index (χ0n) is 8.99. The van der Waals surface area contributed by atoms with E-state index in [1.54, 1.807) is 0 Å². The summed E-state index contributed by atoms with van der Waals surface area (Å²) in [5.74, 6) is -7.94. The highest BCUT2D eigenvalue weighted by Crippen LogP contribution is 2.29. The van der Waals surface area contributed by atoms with Gasteiger partial charge in [-0.15, -0.1) is 0 Å². The fourth-order valence-electron chi connectivity index (χ4n) is 1.87. The van der Waals surface area contributed by atoms with Crippen LogP contribution in [0.25, 0.3) is 0 Å². The number of carbonyl (C=O) groups is 2. The zero-order chi connectivity index (χ0) is 13.4. The Morgan fingerprint density at radius 1 is 1.28 bits per heavy atom. The second kappa shape index (κ2) is 4.32. The van der Waals surface area contributed by atoms with Gasteiger partial charge < -0.3 is 10.0 Å². The van der Waals surface area contributed by atoms with E-state index in [4.69, 9.17) is 5.11 Å². The molecule has 96 valence electrons. The summed E-state index contributed by atoms with van der Waals surface area (Å²) in [6.45, 7) is -0.0439. The summed E-state index contributed by atoms with van der Waals surface area (Å²) in [5.41, 5.74) is -0.442. The van der Waals surface area contributed by atoms with Crippen LogP contribution < -0.4 is 4.90 Å². The monoisotopic (exact) mass is 259 g/mol. The average Bonchev–Trinajstić information content (AvgIpc) is 2.69. The molecule has 0 aromatic heterocycles. The van der Waals surface area contributed by atoms with Crippen LogP contribution in [0, 0.1) is 23.4 Å². The van der Waals surface area contributed by atoms with Gasteiger partial charge in [-0.2, -0.15) is 0 Å². The molecule has 1 saturated heterocycles. The molecule has 1 fully saturated rings. The van der Waals surface area contributed by atoms with Crippen LogP contribution in [-0.2, 0) is 9.59 Å². The lowest BCUT2D eigenvalue weighted by molar-refractivity contribution is -0.144. The fourth-order valence-corrected chi connectivity index (χ4v) is 1.87. The molecular weight excluding hydrogens is 251 g/mol. The van der Waals surface area contributed by atoms with Gasteiger partial charge in [-0.1, -0.05) is 0 Å². The minimum Gasteiger partial charge on any atom is -0.481 e.